The van der Waals surface area contributed by atoms with Gasteiger partial charge in [0.1, 0.15) is 11.5 Å². The number of azo groups is 1. The number of nitrogens with two attached hydrogens (primary N) is 1. The number of fused-ring (bicyclic) bond motifs is 3. The molecule has 2 aromatic carbocycles. The molecule has 0 atom stereocenters. The van der Waals surface area contributed by atoms with Crippen molar-refractivity contribution in [2.75, 3.05) is 24.7 Å². The number of carbonyl (C=O) groups excluding carboxylic acids is 1. The fourth-order valence-corrected chi connectivity index (χ4v) is 3.06. The fraction of sp³-hybridized carbons (Fsp3) is 0.100. The maximum atomic E-state index is 12.4. The van der Waals surface area contributed by atoms with Crippen LogP contribution in [0.4, 0.5) is 17.3 Å². The number of nitrogens with one attached hydrogen (secondary N) is 1. The number of anilines is 2. The zero-order valence-corrected chi connectivity index (χ0v) is 15.0. The van der Waals surface area contributed by atoms with E-state index in [4.69, 9.17) is 5.73 Å². The maximum absolute atomic E-state index is 12.4. The molecule has 7 heteroatoms. The summed E-state index contributed by atoms with van der Waals surface area (Å²) in [5.74, 6) is 0.433. The summed E-state index contributed by atoms with van der Waals surface area (Å²) in [4.78, 5) is 21.3. The van der Waals surface area contributed by atoms with E-state index in [1.54, 1.807) is 12.3 Å². The van der Waals surface area contributed by atoms with E-state index in [0.29, 0.717) is 11.6 Å². The molecular formula is C20H18N6O. The van der Waals surface area contributed by atoms with Gasteiger partial charge >= 0.3 is 5.91 Å². The summed E-state index contributed by atoms with van der Waals surface area (Å²) in [6, 6.07) is 15.4. The lowest BCUT2D eigenvalue weighted by Crippen LogP contribution is -2.10. The Kier molecular flexibility index (Phi) is 4.04. The molecule has 0 radical (unpaired) electrons. The Hall–Kier alpha value is -3.74. The highest BCUT2D eigenvalue weighted by atomic mass is 16.1. The molecule has 134 valence electrons. The first-order chi connectivity index (χ1) is 13.0. The summed E-state index contributed by atoms with van der Waals surface area (Å²) in [5.41, 5.74) is 7.25. The number of carbonyl (C=O) groups is 1. The third kappa shape index (κ3) is 2.99. The predicted octanol–water partition coefficient (Wildman–Crippen LogP) is 4.29. The topological polar surface area (TPSA) is 99.7 Å². The molecule has 0 unspecified atom stereocenters. The van der Waals surface area contributed by atoms with Crippen LogP contribution in [0, 0.1) is 0 Å². The molecule has 0 aliphatic heterocycles. The molecule has 2 heterocycles. The number of nitrogens with zero attached hydrogens (tertiary/aromatic N) is 4. The van der Waals surface area contributed by atoms with Gasteiger partial charge in [-0.15, -0.1) is 10.2 Å². The quantitative estimate of drug-likeness (QED) is 0.534. The highest BCUT2D eigenvalue weighted by molar-refractivity contribution is 6.16. The van der Waals surface area contributed by atoms with Crippen LogP contribution in [0.5, 0.6) is 0 Å². The van der Waals surface area contributed by atoms with Gasteiger partial charge in [-0.1, -0.05) is 30.3 Å². The Morgan fingerprint density at radius 2 is 1.93 bits per heavy atom. The Balaban J connectivity index is 1.72. The molecule has 0 saturated heterocycles. The van der Waals surface area contributed by atoms with Gasteiger partial charge in [0, 0.05) is 36.8 Å². The zero-order chi connectivity index (χ0) is 19.0. The number of aromatic amines is 1. The van der Waals surface area contributed by atoms with Crippen LogP contribution in [-0.2, 0) is 0 Å². The Morgan fingerprint density at radius 3 is 2.74 bits per heavy atom. The SMILES string of the molecule is CN(C)c1ccnc(C(=O)N=Nc2[nH]c(N)c3c2ccc2ccccc23)c1. The molecule has 0 fully saturated rings. The molecule has 3 N–H and O–H groups in total. The van der Waals surface area contributed by atoms with Crippen molar-refractivity contribution in [2.24, 2.45) is 10.2 Å². The zero-order valence-electron chi connectivity index (χ0n) is 15.0. The summed E-state index contributed by atoms with van der Waals surface area (Å²) in [6.07, 6.45) is 1.58. The standard InChI is InChI=1S/C20H18N6O/c1-26(2)13-9-10-22-16(11-13)20(27)25-24-19-15-8-7-12-5-3-4-6-14(12)17(15)18(21)23-19/h3-11,23H,21H2,1-2H3. The number of hydrogen-bond acceptors (Lipinski definition) is 5. The molecule has 27 heavy (non-hydrogen) atoms. The number of aromatic nitrogens is 2. The summed E-state index contributed by atoms with van der Waals surface area (Å²) in [6.45, 7) is 0. The highest BCUT2D eigenvalue weighted by Gasteiger charge is 2.13. The lowest BCUT2D eigenvalue weighted by atomic mass is 10.0. The van der Waals surface area contributed by atoms with Gasteiger partial charge in [0.05, 0.1) is 0 Å². The molecule has 0 aliphatic carbocycles. The number of pyridine rings is 1. The van der Waals surface area contributed by atoms with Gasteiger partial charge in [-0.05, 0) is 29.0 Å². The first kappa shape index (κ1) is 16.7. The van der Waals surface area contributed by atoms with Crippen molar-refractivity contribution in [1.29, 1.82) is 0 Å². The molecule has 0 bridgehead atoms. The monoisotopic (exact) mass is 358 g/mol. The van der Waals surface area contributed by atoms with Crippen LogP contribution in [0.3, 0.4) is 0 Å². The van der Waals surface area contributed by atoms with E-state index >= 15 is 0 Å². The van der Waals surface area contributed by atoms with E-state index in [1.807, 2.05) is 61.5 Å². The second-order valence-corrected chi connectivity index (χ2v) is 6.40. The fourth-order valence-electron chi connectivity index (χ4n) is 3.06. The molecular weight excluding hydrogens is 340 g/mol. The van der Waals surface area contributed by atoms with Crippen LogP contribution in [0.25, 0.3) is 21.5 Å². The third-order valence-corrected chi connectivity index (χ3v) is 4.43. The highest BCUT2D eigenvalue weighted by Crippen LogP contribution is 2.36. The first-order valence-electron chi connectivity index (χ1n) is 8.43. The largest absolute Gasteiger partial charge is 0.385 e. The van der Waals surface area contributed by atoms with Gasteiger partial charge in [0.2, 0.25) is 0 Å². The molecule has 0 spiro atoms. The molecule has 4 aromatic rings. The van der Waals surface area contributed by atoms with Gasteiger partial charge in [-0.25, -0.2) is 0 Å². The smallest absolute Gasteiger partial charge is 0.314 e. The number of H-pyrrole nitrogens is 1. The van der Waals surface area contributed by atoms with Gasteiger partial charge in [0.15, 0.2) is 5.82 Å². The lowest BCUT2D eigenvalue weighted by Gasteiger charge is -2.11. The second-order valence-electron chi connectivity index (χ2n) is 6.40. The van der Waals surface area contributed by atoms with E-state index in [2.05, 4.69) is 20.2 Å². The summed E-state index contributed by atoms with van der Waals surface area (Å²) in [5, 5.41) is 11.7. The van der Waals surface area contributed by atoms with Gasteiger partial charge < -0.3 is 15.6 Å². The summed E-state index contributed by atoms with van der Waals surface area (Å²) < 4.78 is 0. The summed E-state index contributed by atoms with van der Waals surface area (Å²) >= 11 is 0. The second kappa shape index (κ2) is 6.53. The molecule has 0 aliphatic rings. The average molecular weight is 358 g/mol. The van der Waals surface area contributed by atoms with Crippen LogP contribution < -0.4 is 10.6 Å². The number of hydrogen-bond donors (Lipinski definition) is 2. The van der Waals surface area contributed by atoms with Crippen LogP contribution in [-0.4, -0.2) is 30.0 Å². The molecule has 2 aromatic heterocycles. The first-order valence-corrected chi connectivity index (χ1v) is 8.43. The van der Waals surface area contributed by atoms with Crippen molar-refractivity contribution in [1.82, 2.24) is 9.97 Å². The molecule has 0 saturated carbocycles. The van der Waals surface area contributed by atoms with E-state index in [-0.39, 0.29) is 5.69 Å². The van der Waals surface area contributed by atoms with Crippen molar-refractivity contribution >= 4 is 44.8 Å². The van der Waals surface area contributed by atoms with E-state index in [0.717, 1.165) is 27.2 Å². The Bertz CT molecular complexity index is 1190. The normalized spacial score (nSPS) is 11.5. The average Bonchev–Trinajstić information content (AvgIpc) is 3.02. The maximum Gasteiger partial charge on any atom is 0.314 e. The third-order valence-electron chi connectivity index (χ3n) is 4.43. The van der Waals surface area contributed by atoms with Crippen LogP contribution in [0.15, 0.2) is 65.0 Å². The van der Waals surface area contributed by atoms with E-state index in [9.17, 15) is 4.79 Å². The lowest BCUT2D eigenvalue weighted by molar-refractivity contribution is 0.0990. The Morgan fingerprint density at radius 1 is 1.11 bits per heavy atom. The number of benzene rings is 2. The van der Waals surface area contributed by atoms with Crippen LogP contribution in [0.1, 0.15) is 10.5 Å². The van der Waals surface area contributed by atoms with E-state index in [1.165, 1.54) is 0 Å². The number of rotatable bonds is 3. The van der Waals surface area contributed by atoms with Crippen molar-refractivity contribution in [3.63, 3.8) is 0 Å². The van der Waals surface area contributed by atoms with Crippen LogP contribution >= 0.6 is 0 Å². The Labute approximate surface area is 155 Å². The van der Waals surface area contributed by atoms with Crippen molar-refractivity contribution in [3.8, 4) is 0 Å². The minimum Gasteiger partial charge on any atom is -0.385 e. The number of nitrogen functional groups attached to an aromatic ring is 1. The summed E-state index contributed by atoms with van der Waals surface area (Å²) in [7, 11) is 3.78. The van der Waals surface area contributed by atoms with Gasteiger partial charge in [-0.2, -0.15) is 0 Å². The predicted molar refractivity (Wildman–Crippen MR) is 108 cm³/mol. The number of amides is 1. The van der Waals surface area contributed by atoms with Crippen molar-refractivity contribution < 1.29 is 4.79 Å². The van der Waals surface area contributed by atoms with Gasteiger partial charge in [-0.3, -0.25) is 9.78 Å². The molecule has 4 rings (SSSR count). The molecule has 1 amide bonds. The van der Waals surface area contributed by atoms with Gasteiger partial charge in [0.25, 0.3) is 0 Å². The molecule has 7 nitrogen and oxygen atoms in total. The minimum absolute atomic E-state index is 0.235. The van der Waals surface area contributed by atoms with E-state index < -0.39 is 5.91 Å². The van der Waals surface area contributed by atoms with Crippen LogP contribution in [0.2, 0.25) is 0 Å². The van der Waals surface area contributed by atoms with Crippen molar-refractivity contribution in [2.45, 2.75) is 0 Å². The van der Waals surface area contributed by atoms with Crippen molar-refractivity contribution in [3.05, 3.63) is 60.4 Å². The minimum atomic E-state index is -0.513.